The van der Waals surface area contributed by atoms with Crippen LogP contribution in [0.25, 0.3) is 0 Å². The van der Waals surface area contributed by atoms with Crippen molar-refractivity contribution in [2.24, 2.45) is 0 Å². The lowest BCUT2D eigenvalue weighted by Crippen LogP contribution is -2.13. The average Bonchev–Trinajstić information content (AvgIpc) is 2.91. The third-order valence-corrected chi connectivity index (χ3v) is 3.41. The Morgan fingerprint density at radius 1 is 1.39 bits per heavy atom. The lowest BCUT2D eigenvalue weighted by molar-refractivity contribution is 0.0994. The number of H-pyrrole nitrogens is 1. The first-order valence-corrected chi connectivity index (χ1v) is 6.29. The quantitative estimate of drug-likeness (QED) is 0.661. The minimum absolute atomic E-state index is 0.0547. The van der Waals surface area contributed by atoms with Crippen molar-refractivity contribution >= 4 is 17.5 Å². The highest BCUT2D eigenvalue weighted by molar-refractivity contribution is 8.00. The molecule has 0 spiro atoms. The van der Waals surface area contributed by atoms with Gasteiger partial charge in [0.1, 0.15) is 12.1 Å². The van der Waals surface area contributed by atoms with E-state index in [1.807, 2.05) is 6.92 Å². The molecule has 0 saturated carbocycles. The number of ketones is 1. The summed E-state index contributed by atoms with van der Waals surface area (Å²) in [5.74, 6) is 0.793. The molecule has 0 saturated heterocycles. The Kier molecular flexibility index (Phi) is 3.99. The summed E-state index contributed by atoms with van der Waals surface area (Å²) in [5.41, 5.74) is 0.662. The number of methoxy groups -OCH3 is 1. The van der Waals surface area contributed by atoms with Gasteiger partial charge in [-0.05, 0) is 31.2 Å². The highest BCUT2D eigenvalue weighted by Gasteiger charge is 2.17. The van der Waals surface area contributed by atoms with Gasteiger partial charge in [-0.15, -0.1) is 0 Å². The molecular formula is C12H13N3O2S. The molecular weight excluding hydrogens is 250 g/mol. The van der Waals surface area contributed by atoms with Gasteiger partial charge < -0.3 is 4.74 Å². The van der Waals surface area contributed by atoms with Crippen LogP contribution in [-0.2, 0) is 0 Å². The summed E-state index contributed by atoms with van der Waals surface area (Å²) in [6.07, 6.45) is 1.42. The predicted octanol–water partition coefficient (Wildman–Crippen LogP) is 2.18. The Hall–Kier alpha value is -1.82. The number of benzene rings is 1. The molecule has 1 aromatic carbocycles. The zero-order chi connectivity index (χ0) is 13.0. The number of hydrogen-bond donors (Lipinski definition) is 1. The van der Waals surface area contributed by atoms with Gasteiger partial charge in [-0.25, -0.2) is 4.98 Å². The van der Waals surface area contributed by atoms with Crippen LogP contribution in [0.15, 0.2) is 35.7 Å². The summed E-state index contributed by atoms with van der Waals surface area (Å²) >= 11 is 1.35. The SMILES string of the molecule is COc1ccc(C(=O)[C@@H](C)Sc2ncn[nH]2)cc1. The fourth-order valence-electron chi connectivity index (χ4n) is 1.46. The maximum absolute atomic E-state index is 12.1. The van der Waals surface area contributed by atoms with Crippen molar-refractivity contribution in [1.29, 1.82) is 0 Å². The number of rotatable bonds is 5. The number of carbonyl (C=O) groups is 1. The molecule has 1 atom stereocenters. The summed E-state index contributed by atoms with van der Waals surface area (Å²) in [4.78, 5) is 16.1. The van der Waals surface area contributed by atoms with Gasteiger partial charge >= 0.3 is 0 Å². The van der Waals surface area contributed by atoms with Gasteiger partial charge in [0, 0.05) is 5.56 Å². The van der Waals surface area contributed by atoms with Crippen LogP contribution in [0.5, 0.6) is 5.75 Å². The second-order valence-corrected chi connectivity index (χ2v) is 4.97. The molecule has 0 unspecified atom stereocenters. The number of carbonyl (C=O) groups excluding carboxylic acids is 1. The Morgan fingerprint density at radius 3 is 2.67 bits per heavy atom. The molecule has 0 bridgehead atoms. The molecule has 1 aromatic heterocycles. The van der Waals surface area contributed by atoms with Crippen molar-refractivity contribution < 1.29 is 9.53 Å². The van der Waals surface area contributed by atoms with E-state index in [2.05, 4.69) is 15.2 Å². The van der Waals surface area contributed by atoms with Gasteiger partial charge in [0.25, 0.3) is 0 Å². The average molecular weight is 263 g/mol. The number of nitrogens with zero attached hydrogens (tertiary/aromatic N) is 2. The molecule has 0 amide bonds. The number of thioether (sulfide) groups is 1. The number of aromatic amines is 1. The topological polar surface area (TPSA) is 67.9 Å². The summed E-state index contributed by atoms with van der Waals surface area (Å²) in [6, 6.07) is 7.08. The normalized spacial score (nSPS) is 12.1. The summed E-state index contributed by atoms with van der Waals surface area (Å²) < 4.78 is 5.05. The fourth-order valence-corrected chi connectivity index (χ4v) is 2.25. The molecule has 18 heavy (non-hydrogen) atoms. The zero-order valence-corrected chi connectivity index (χ0v) is 10.9. The van der Waals surface area contributed by atoms with Gasteiger partial charge in [0.15, 0.2) is 10.9 Å². The maximum Gasteiger partial charge on any atom is 0.184 e. The van der Waals surface area contributed by atoms with E-state index < -0.39 is 0 Å². The first-order valence-electron chi connectivity index (χ1n) is 5.41. The number of Topliss-reactive ketones (excluding diaryl/α,β-unsaturated/α-hetero) is 1. The minimum Gasteiger partial charge on any atom is -0.497 e. The third-order valence-electron chi connectivity index (χ3n) is 2.43. The monoisotopic (exact) mass is 263 g/mol. The van der Waals surface area contributed by atoms with Crippen LogP contribution in [-0.4, -0.2) is 33.3 Å². The third kappa shape index (κ3) is 2.89. The smallest absolute Gasteiger partial charge is 0.184 e. The van der Waals surface area contributed by atoms with Gasteiger partial charge in [-0.2, -0.15) is 5.10 Å². The van der Waals surface area contributed by atoms with Crippen molar-refractivity contribution in [3.05, 3.63) is 36.2 Å². The van der Waals surface area contributed by atoms with E-state index in [4.69, 9.17) is 4.74 Å². The molecule has 0 aliphatic heterocycles. The van der Waals surface area contributed by atoms with Crippen molar-refractivity contribution in [2.75, 3.05) is 7.11 Å². The number of ether oxygens (including phenoxy) is 1. The van der Waals surface area contributed by atoms with Crippen LogP contribution in [0.4, 0.5) is 0 Å². The molecule has 6 heteroatoms. The standard InChI is InChI=1S/C12H13N3O2S/c1-8(18-12-13-7-14-15-12)11(16)9-3-5-10(17-2)6-4-9/h3-8H,1-2H3,(H,13,14,15)/t8-/m1/s1. The van der Waals surface area contributed by atoms with Gasteiger partial charge in [0.05, 0.1) is 12.4 Å². The van der Waals surface area contributed by atoms with Crippen molar-refractivity contribution in [3.8, 4) is 5.75 Å². The molecule has 1 N–H and O–H groups in total. The lowest BCUT2D eigenvalue weighted by atomic mass is 10.1. The predicted molar refractivity (Wildman–Crippen MR) is 69.0 cm³/mol. The molecule has 94 valence electrons. The van der Waals surface area contributed by atoms with E-state index in [-0.39, 0.29) is 11.0 Å². The van der Waals surface area contributed by atoms with Gasteiger partial charge in [0.2, 0.25) is 0 Å². The second-order valence-electron chi connectivity index (χ2n) is 3.64. The molecule has 0 aliphatic carbocycles. The second kappa shape index (κ2) is 5.68. The summed E-state index contributed by atoms with van der Waals surface area (Å²) in [6.45, 7) is 1.85. The van der Waals surface area contributed by atoms with E-state index in [0.29, 0.717) is 10.7 Å². The lowest BCUT2D eigenvalue weighted by Gasteiger charge is -2.08. The first kappa shape index (κ1) is 12.6. The number of nitrogens with one attached hydrogen (secondary N) is 1. The molecule has 2 rings (SSSR count). The van der Waals surface area contributed by atoms with E-state index >= 15 is 0 Å². The highest BCUT2D eigenvalue weighted by Crippen LogP contribution is 2.22. The summed E-state index contributed by atoms with van der Waals surface area (Å²) in [7, 11) is 1.60. The summed E-state index contributed by atoms with van der Waals surface area (Å²) in [5, 5.41) is 6.89. The van der Waals surface area contributed by atoms with Crippen LogP contribution in [0.3, 0.4) is 0 Å². The minimum atomic E-state index is -0.216. The molecule has 0 fully saturated rings. The Bertz CT molecular complexity index is 511. The Morgan fingerprint density at radius 2 is 2.11 bits per heavy atom. The number of hydrogen-bond acceptors (Lipinski definition) is 5. The van der Waals surface area contributed by atoms with Crippen molar-refractivity contribution in [1.82, 2.24) is 15.2 Å². The van der Waals surface area contributed by atoms with Gasteiger partial charge in [-0.3, -0.25) is 9.89 Å². The van der Waals surface area contributed by atoms with Crippen LogP contribution in [0.2, 0.25) is 0 Å². The van der Waals surface area contributed by atoms with Crippen molar-refractivity contribution in [2.45, 2.75) is 17.3 Å². The Balaban J connectivity index is 2.05. The number of aromatic nitrogens is 3. The van der Waals surface area contributed by atoms with E-state index in [1.165, 1.54) is 18.1 Å². The Labute approximate surface area is 109 Å². The van der Waals surface area contributed by atoms with Crippen molar-refractivity contribution in [3.63, 3.8) is 0 Å². The molecule has 1 heterocycles. The van der Waals surface area contributed by atoms with E-state index in [1.54, 1.807) is 31.4 Å². The molecule has 2 aromatic rings. The zero-order valence-electron chi connectivity index (χ0n) is 10.1. The van der Waals surface area contributed by atoms with Crippen LogP contribution >= 0.6 is 11.8 Å². The highest BCUT2D eigenvalue weighted by atomic mass is 32.2. The molecule has 5 nitrogen and oxygen atoms in total. The first-order chi connectivity index (χ1) is 8.70. The molecule has 0 radical (unpaired) electrons. The van der Waals surface area contributed by atoms with Crippen LogP contribution in [0, 0.1) is 0 Å². The van der Waals surface area contributed by atoms with E-state index in [0.717, 1.165) is 5.75 Å². The maximum atomic E-state index is 12.1. The largest absolute Gasteiger partial charge is 0.497 e. The molecule has 0 aliphatic rings. The van der Waals surface area contributed by atoms with Crippen LogP contribution in [0.1, 0.15) is 17.3 Å². The van der Waals surface area contributed by atoms with E-state index in [9.17, 15) is 4.79 Å². The van der Waals surface area contributed by atoms with Crippen LogP contribution < -0.4 is 4.74 Å². The van der Waals surface area contributed by atoms with Gasteiger partial charge in [-0.1, -0.05) is 11.8 Å². The fraction of sp³-hybridized carbons (Fsp3) is 0.250.